The number of halogens is 2. The van der Waals surface area contributed by atoms with Gasteiger partial charge in [-0.3, -0.25) is 14.4 Å². The first kappa shape index (κ1) is 21.1. The van der Waals surface area contributed by atoms with Crippen molar-refractivity contribution < 1.29 is 4.79 Å². The minimum absolute atomic E-state index is 0.0190. The molecule has 9 heteroatoms. The van der Waals surface area contributed by atoms with E-state index in [9.17, 15) is 4.79 Å². The van der Waals surface area contributed by atoms with Crippen LogP contribution in [0.25, 0.3) is 0 Å². The van der Waals surface area contributed by atoms with Crippen molar-refractivity contribution in [3.8, 4) is 0 Å². The molecule has 2 aromatic heterocycles. The Labute approximate surface area is 189 Å². The summed E-state index contributed by atoms with van der Waals surface area (Å²) in [4.78, 5) is 17.1. The molecular weight excluding hydrogens is 468 g/mol. The monoisotopic (exact) mass is 490 g/mol. The lowest BCUT2D eigenvalue weighted by Gasteiger charge is -2.34. The van der Waals surface area contributed by atoms with Crippen LogP contribution in [0, 0.1) is 13.8 Å². The van der Waals surface area contributed by atoms with E-state index < -0.39 is 0 Å². The fourth-order valence-electron chi connectivity index (χ4n) is 3.62. The van der Waals surface area contributed by atoms with Crippen molar-refractivity contribution in [1.29, 1.82) is 0 Å². The summed E-state index contributed by atoms with van der Waals surface area (Å²) in [5.41, 5.74) is 3.68. The molecule has 1 aliphatic heterocycles. The number of benzene rings is 1. The van der Waals surface area contributed by atoms with Gasteiger partial charge in [-0.2, -0.15) is 10.2 Å². The molecule has 1 aromatic carbocycles. The Morgan fingerprint density at radius 2 is 1.77 bits per heavy atom. The van der Waals surface area contributed by atoms with Gasteiger partial charge < -0.3 is 4.90 Å². The molecule has 0 radical (unpaired) electrons. The van der Waals surface area contributed by atoms with E-state index in [0.29, 0.717) is 25.5 Å². The van der Waals surface area contributed by atoms with Crippen molar-refractivity contribution in [2.24, 2.45) is 0 Å². The lowest BCUT2D eigenvalue weighted by atomic mass is 10.2. The molecule has 1 saturated heterocycles. The van der Waals surface area contributed by atoms with Gasteiger partial charge >= 0.3 is 0 Å². The number of carbonyl (C=O) groups is 1. The van der Waals surface area contributed by atoms with Gasteiger partial charge in [-0.15, -0.1) is 0 Å². The zero-order valence-electron chi connectivity index (χ0n) is 17.1. The van der Waals surface area contributed by atoms with Crippen LogP contribution >= 0.6 is 27.5 Å². The lowest BCUT2D eigenvalue weighted by Crippen LogP contribution is -2.48. The van der Waals surface area contributed by atoms with E-state index in [1.54, 1.807) is 10.7 Å². The zero-order chi connectivity index (χ0) is 21.3. The summed E-state index contributed by atoms with van der Waals surface area (Å²) in [7, 11) is 0. The maximum absolute atomic E-state index is 12.9. The van der Waals surface area contributed by atoms with Gasteiger partial charge in [-0.05, 0) is 53.5 Å². The summed E-state index contributed by atoms with van der Waals surface area (Å²) in [6.07, 6.45) is 1.83. The van der Waals surface area contributed by atoms with Crippen LogP contribution in [0.4, 0.5) is 0 Å². The third-order valence-corrected chi connectivity index (χ3v) is 6.81. The Morgan fingerprint density at radius 1 is 1.07 bits per heavy atom. The predicted octanol–water partition coefficient (Wildman–Crippen LogP) is 3.58. The molecule has 1 aliphatic rings. The second kappa shape index (κ2) is 8.91. The average molecular weight is 492 g/mol. The van der Waals surface area contributed by atoms with Crippen molar-refractivity contribution in [3.63, 3.8) is 0 Å². The van der Waals surface area contributed by atoms with Crippen molar-refractivity contribution in [3.05, 3.63) is 68.7 Å². The summed E-state index contributed by atoms with van der Waals surface area (Å²) in [5.74, 6) is -0.0190. The summed E-state index contributed by atoms with van der Waals surface area (Å²) in [6.45, 7) is 8.38. The van der Waals surface area contributed by atoms with Gasteiger partial charge in [0.1, 0.15) is 12.4 Å². The summed E-state index contributed by atoms with van der Waals surface area (Å²) in [5, 5.41) is 9.73. The molecule has 30 heavy (non-hydrogen) atoms. The van der Waals surface area contributed by atoms with Crippen molar-refractivity contribution in [1.82, 2.24) is 29.4 Å². The van der Waals surface area contributed by atoms with Crippen molar-refractivity contribution in [2.45, 2.75) is 27.1 Å². The minimum Gasteiger partial charge on any atom is -0.335 e. The average Bonchev–Trinajstić information content (AvgIpc) is 3.31. The van der Waals surface area contributed by atoms with E-state index in [0.717, 1.165) is 40.5 Å². The molecule has 158 valence electrons. The number of hydrogen-bond acceptors (Lipinski definition) is 4. The second-order valence-corrected chi connectivity index (χ2v) is 8.79. The molecule has 0 atom stereocenters. The highest BCUT2D eigenvalue weighted by Gasteiger charge is 2.24. The first-order chi connectivity index (χ1) is 14.4. The van der Waals surface area contributed by atoms with Gasteiger partial charge in [0.15, 0.2) is 0 Å². The fraction of sp³-hybridized carbons (Fsp3) is 0.381. The third kappa shape index (κ3) is 4.61. The molecule has 7 nitrogen and oxygen atoms in total. The van der Waals surface area contributed by atoms with Gasteiger partial charge in [0, 0.05) is 43.9 Å². The lowest BCUT2D eigenvalue weighted by molar-refractivity contribution is 0.0621. The Bertz CT molecular complexity index is 1040. The van der Waals surface area contributed by atoms with E-state index >= 15 is 0 Å². The van der Waals surface area contributed by atoms with Crippen LogP contribution in [-0.2, 0) is 13.2 Å². The fourth-order valence-corrected chi connectivity index (χ4v) is 4.03. The standard InChI is InChI=1S/C21H24BrClN6O/c1-15-20(22)16(2)29(24-15)14-28-8-7-19(25-28)21(30)27-11-9-26(10-12-27)13-17-3-5-18(23)6-4-17/h3-8H,9-14H2,1-2H3. The number of carbonyl (C=O) groups excluding carboxylic acids is 1. The molecule has 0 N–H and O–H groups in total. The number of piperazine rings is 1. The molecule has 4 rings (SSSR count). The van der Waals surface area contributed by atoms with E-state index in [1.165, 1.54) is 5.56 Å². The molecule has 0 spiro atoms. The van der Waals surface area contributed by atoms with E-state index in [1.807, 2.05) is 53.9 Å². The number of aryl methyl sites for hydroxylation is 1. The summed E-state index contributed by atoms with van der Waals surface area (Å²) >= 11 is 9.50. The molecule has 1 fully saturated rings. The molecule has 1 amide bonds. The number of aromatic nitrogens is 4. The van der Waals surface area contributed by atoms with E-state index in [4.69, 9.17) is 11.6 Å². The summed E-state index contributed by atoms with van der Waals surface area (Å²) < 4.78 is 4.62. The number of amides is 1. The van der Waals surface area contributed by atoms with Crippen molar-refractivity contribution >= 4 is 33.4 Å². The molecule has 3 aromatic rings. The highest BCUT2D eigenvalue weighted by atomic mass is 79.9. The van der Waals surface area contributed by atoms with Gasteiger partial charge in [0.05, 0.1) is 15.9 Å². The largest absolute Gasteiger partial charge is 0.335 e. The van der Waals surface area contributed by atoms with E-state index in [2.05, 4.69) is 31.0 Å². The first-order valence-electron chi connectivity index (χ1n) is 9.90. The Kier molecular flexibility index (Phi) is 6.26. The highest BCUT2D eigenvalue weighted by molar-refractivity contribution is 9.10. The maximum Gasteiger partial charge on any atom is 0.274 e. The highest BCUT2D eigenvalue weighted by Crippen LogP contribution is 2.20. The van der Waals surface area contributed by atoms with Crippen LogP contribution in [0.3, 0.4) is 0 Å². The van der Waals surface area contributed by atoms with Crippen LogP contribution in [0.2, 0.25) is 5.02 Å². The first-order valence-corrected chi connectivity index (χ1v) is 11.1. The molecule has 0 saturated carbocycles. The Hall–Kier alpha value is -2.16. The predicted molar refractivity (Wildman–Crippen MR) is 120 cm³/mol. The third-order valence-electron chi connectivity index (χ3n) is 5.41. The quantitative estimate of drug-likeness (QED) is 0.547. The Balaban J connectivity index is 1.33. The van der Waals surface area contributed by atoms with E-state index in [-0.39, 0.29) is 5.91 Å². The maximum atomic E-state index is 12.9. The van der Waals surface area contributed by atoms with Gasteiger partial charge in [0.2, 0.25) is 0 Å². The van der Waals surface area contributed by atoms with Gasteiger partial charge in [0.25, 0.3) is 5.91 Å². The Morgan fingerprint density at radius 3 is 2.40 bits per heavy atom. The molecule has 0 bridgehead atoms. The van der Waals surface area contributed by atoms with Crippen LogP contribution < -0.4 is 0 Å². The second-order valence-electron chi connectivity index (χ2n) is 7.56. The van der Waals surface area contributed by atoms with Crippen molar-refractivity contribution in [2.75, 3.05) is 26.2 Å². The zero-order valence-corrected chi connectivity index (χ0v) is 19.4. The number of nitrogens with zero attached hydrogens (tertiary/aromatic N) is 6. The number of rotatable bonds is 5. The van der Waals surface area contributed by atoms with Crippen LogP contribution in [0.1, 0.15) is 27.4 Å². The van der Waals surface area contributed by atoms with Gasteiger partial charge in [-0.1, -0.05) is 23.7 Å². The number of hydrogen-bond donors (Lipinski definition) is 0. The topological polar surface area (TPSA) is 59.2 Å². The van der Waals surface area contributed by atoms with Crippen LogP contribution in [0.15, 0.2) is 41.0 Å². The molecule has 0 unspecified atom stereocenters. The van der Waals surface area contributed by atoms with Crippen LogP contribution in [0.5, 0.6) is 0 Å². The van der Waals surface area contributed by atoms with Gasteiger partial charge in [-0.25, -0.2) is 4.68 Å². The minimum atomic E-state index is -0.0190. The summed E-state index contributed by atoms with van der Waals surface area (Å²) in [6, 6.07) is 9.71. The smallest absolute Gasteiger partial charge is 0.274 e. The SMILES string of the molecule is Cc1nn(Cn2ccc(C(=O)N3CCN(Cc4ccc(Cl)cc4)CC3)n2)c(C)c1Br. The molecule has 3 heterocycles. The normalized spacial score (nSPS) is 15.0. The molecule has 0 aliphatic carbocycles. The van der Waals surface area contributed by atoms with Crippen LogP contribution in [-0.4, -0.2) is 61.4 Å². The molecular formula is C21H24BrClN6O.